The van der Waals surface area contributed by atoms with Crippen LogP contribution in [0.25, 0.3) is 17.4 Å². The van der Waals surface area contributed by atoms with Crippen molar-refractivity contribution in [3.05, 3.63) is 53.3 Å². The van der Waals surface area contributed by atoms with E-state index in [4.69, 9.17) is 14.9 Å². The first-order chi connectivity index (χ1) is 16.9. The van der Waals surface area contributed by atoms with Crippen molar-refractivity contribution in [2.45, 2.75) is 25.7 Å². The lowest BCUT2D eigenvalue weighted by molar-refractivity contribution is -0.130. The molecule has 0 bridgehead atoms. The second-order valence-corrected chi connectivity index (χ2v) is 9.26. The number of carboxylic acid groups (broad SMARTS) is 1. The molecular formula is C24H21N5O5S. The number of rotatable bonds is 5. The second kappa shape index (κ2) is 9.34. The number of furan rings is 1. The molecule has 0 unspecified atom stereocenters. The highest BCUT2D eigenvalue weighted by molar-refractivity contribution is 8.27. The van der Waals surface area contributed by atoms with E-state index in [-0.39, 0.29) is 34.5 Å². The SMILES string of the molecule is N=C1/C(=C/c2ccc(-c3ccc(C(=O)O)cc3)o2)C(=O)N=C2SC(CC(=O)N3CCCCC3)=NN12. The number of thioether (sulfide) groups is 1. The normalized spacial score (nSPS) is 19.0. The van der Waals surface area contributed by atoms with Crippen LogP contribution in [0.2, 0.25) is 0 Å². The maximum atomic E-state index is 12.6. The number of fused-ring (bicyclic) bond motifs is 1. The number of aliphatic imine (C=N–C) groups is 1. The molecule has 0 saturated carbocycles. The molecule has 3 aliphatic heterocycles. The highest BCUT2D eigenvalue weighted by Crippen LogP contribution is 2.31. The number of carbonyl (C=O) groups excluding carboxylic acids is 2. The number of nitrogens with zero attached hydrogens (tertiary/aromatic N) is 4. The Hall–Kier alpha value is -3.99. The highest BCUT2D eigenvalue weighted by Gasteiger charge is 2.36. The van der Waals surface area contributed by atoms with E-state index < -0.39 is 11.9 Å². The number of carboxylic acids is 1. The van der Waals surface area contributed by atoms with Crippen molar-refractivity contribution in [3.8, 4) is 11.3 Å². The Kier molecular flexibility index (Phi) is 6.08. The summed E-state index contributed by atoms with van der Waals surface area (Å²) >= 11 is 1.13. The molecule has 0 spiro atoms. The number of benzene rings is 1. The fourth-order valence-corrected chi connectivity index (χ4v) is 4.87. The molecule has 1 saturated heterocycles. The summed E-state index contributed by atoms with van der Waals surface area (Å²) in [4.78, 5) is 42.1. The van der Waals surface area contributed by atoms with Crippen molar-refractivity contribution in [3.63, 3.8) is 0 Å². The molecule has 0 radical (unpaired) electrons. The summed E-state index contributed by atoms with van der Waals surface area (Å²) in [5, 5.41) is 23.9. The molecule has 0 atom stereocenters. The van der Waals surface area contributed by atoms with Gasteiger partial charge in [-0.2, -0.15) is 15.1 Å². The van der Waals surface area contributed by atoms with Crippen LogP contribution in [-0.4, -0.2) is 61.9 Å². The van der Waals surface area contributed by atoms with Gasteiger partial charge in [0, 0.05) is 18.7 Å². The molecule has 5 rings (SSSR count). The number of likely N-dealkylation sites (tertiary alicyclic amines) is 1. The van der Waals surface area contributed by atoms with Gasteiger partial charge in [0.25, 0.3) is 5.91 Å². The lowest BCUT2D eigenvalue weighted by atomic mass is 10.1. The van der Waals surface area contributed by atoms with E-state index in [2.05, 4.69) is 10.1 Å². The molecule has 2 N–H and O–H groups in total. The van der Waals surface area contributed by atoms with Crippen molar-refractivity contribution in [1.29, 1.82) is 5.41 Å². The smallest absolute Gasteiger partial charge is 0.335 e. The van der Waals surface area contributed by atoms with Crippen LogP contribution >= 0.6 is 11.8 Å². The number of amides is 2. The molecule has 10 nitrogen and oxygen atoms in total. The summed E-state index contributed by atoms with van der Waals surface area (Å²) in [5.74, 6) is -0.929. The van der Waals surface area contributed by atoms with Gasteiger partial charge >= 0.3 is 5.97 Å². The third-order valence-corrected chi connectivity index (χ3v) is 6.75. The van der Waals surface area contributed by atoms with Crippen LogP contribution in [-0.2, 0) is 9.59 Å². The van der Waals surface area contributed by atoms with Gasteiger partial charge in [-0.25, -0.2) is 4.79 Å². The van der Waals surface area contributed by atoms with E-state index in [1.165, 1.54) is 23.2 Å². The van der Waals surface area contributed by atoms with Crippen molar-refractivity contribution in [2.24, 2.45) is 10.1 Å². The van der Waals surface area contributed by atoms with Gasteiger partial charge in [-0.15, -0.1) is 0 Å². The number of hydrogen-bond donors (Lipinski definition) is 2. The molecule has 178 valence electrons. The lowest BCUT2D eigenvalue weighted by Gasteiger charge is -2.26. The van der Waals surface area contributed by atoms with Crippen molar-refractivity contribution >= 4 is 51.7 Å². The Morgan fingerprint density at radius 2 is 1.86 bits per heavy atom. The number of hydrazone groups is 1. The fraction of sp³-hybridized carbons (Fsp3) is 0.250. The van der Waals surface area contributed by atoms with E-state index in [0.717, 1.165) is 44.1 Å². The standard InChI is InChI=1S/C24H21N5O5S/c25-21-17(12-16-8-9-18(34-16)14-4-6-15(7-5-14)23(32)33)22(31)26-24-29(21)27-19(35-24)13-20(30)28-10-2-1-3-11-28/h4-9,12,25H,1-3,10-11,13H2,(H,32,33)/b17-12-,25-21?. The molecule has 11 heteroatoms. The number of amidine groups is 2. The maximum absolute atomic E-state index is 12.6. The molecule has 1 aromatic heterocycles. The molecule has 35 heavy (non-hydrogen) atoms. The highest BCUT2D eigenvalue weighted by atomic mass is 32.2. The minimum absolute atomic E-state index is 0.00970. The number of aromatic carboxylic acids is 1. The quantitative estimate of drug-likeness (QED) is 0.608. The summed E-state index contributed by atoms with van der Waals surface area (Å²) in [6, 6.07) is 9.57. The monoisotopic (exact) mass is 491 g/mol. The molecule has 1 aromatic carbocycles. The first-order valence-corrected chi connectivity index (χ1v) is 11.9. The largest absolute Gasteiger partial charge is 0.478 e. The van der Waals surface area contributed by atoms with Crippen molar-refractivity contribution in [2.75, 3.05) is 13.1 Å². The number of hydrogen-bond acceptors (Lipinski definition) is 7. The Balaban J connectivity index is 1.32. The first kappa shape index (κ1) is 22.8. The van der Waals surface area contributed by atoms with Gasteiger partial charge in [0.2, 0.25) is 11.1 Å². The summed E-state index contributed by atoms with van der Waals surface area (Å²) in [6.45, 7) is 1.49. The second-order valence-electron chi connectivity index (χ2n) is 8.22. The minimum atomic E-state index is -1.02. The number of carbonyl (C=O) groups is 3. The predicted octanol–water partition coefficient (Wildman–Crippen LogP) is 3.67. The molecular weight excluding hydrogens is 470 g/mol. The zero-order valence-corrected chi connectivity index (χ0v) is 19.4. The third kappa shape index (κ3) is 4.67. The van der Waals surface area contributed by atoms with Crippen LogP contribution in [0.1, 0.15) is 41.8 Å². The van der Waals surface area contributed by atoms with Crippen molar-refractivity contribution < 1.29 is 23.9 Å². The van der Waals surface area contributed by atoms with E-state index in [1.807, 2.05) is 4.90 Å². The summed E-state index contributed by atoms with van der Waals surface area (Å²) in [7, 11) is 0. The average molecular weight is 492 g/mol. The van der Waals surface area contributed by atoms with Gasteiger partial charge in [-0.05, 0) is 61.4 Å². The Bertz CT molecular complexity index is 1320. The van der Waals surface area contributed by atoms with E-state index in [1.54, 1.807) is 24.3 Å². The van der Waals surface area contributed by atoms with E-state index >= 15 is 0 Å². The van der Waals surface area contributed by atoms with Gasteiger partial charge < -0.3 is 14.4 Å². The van der Waals surface area contributed by atoms with Crippen LogP contribution in [0.15, 0.2) is 56.5 Å². The fourth-order valence-electron chi connectivity index (χ4n) is 3.99. The van der Waals surface area contributed by atoms with Gasteiger partial charge in [0.1, 0.15) is 16.6 Å². The first-order valence-electron chi connectivity index (χ1n) is 11.1. The maximum Gasteiger partial charge on any atom is 0.335 e. The molecule has 0 aliphatic carbocycles. The van der Waals surface area contributed by atoms with Crippen molar-refractivity contribution in [1.82, 2.24) is 9.91 Å². The topological polar surface area (TPSA) is 140 Å². The molecule has 2 amide bonds. The molecule has 1 fully saturated rings. The van der Waals surface area contributed by atoms with Crippen LogP contribution in [0, 0.1) is 5.41 Å². The van der Waals surface area contributed by atoms with Crippen LogP contribution in [0.5, 0.6) is 0 Å². The molecule has 4 heterocycles. The van der Waals surface area contributed by atoms with Crippen LogP contribution in [0.3, 0.4) is 0 Å². The minimum Gasteiger partial charge on any atom is -0.478 e. The average Bonchev–Trinajstić information content (AvgIpc) is 3.49. The Morgan fingerprint density at radius 1 is 1.11 bits per heavy atom. The van der Waals surface area contributed by atoms with Gasteiger partial charge in [0.15, 0.2) is 5.84 Å². The molecule has 3 aliphatic rings. The Morgan fingerprint density at radius 3 is 2.57 bits per heavy atom. The summed E-state index contributed by atoms with van der Waals surface area (Å²) in [5.41, 5.74) is 0.857. The van der Waals surface area contributed by atoms with Gasteiger partial charge in [-0.1, -0.05) is 12.1 Å². The van der Waals surface area contributed by atoms with E-state index in [9.17, 15) is 14.4 Å². The zero-order valence-electron chi connectivity index (χ0n) is 18.6. The number of nitrogens with one attached hydrogen (secondary N) is 1. The zero-order chi connectivity index (χ0) is 24.5. The van der Waals surface area contributed by atoms with Crippen LogP contribution < -0.4 is 0 Å². The summed E-state index contributed by atoms with van der Waals surface area (Å²) in [6.07, 6.45) is 4.67. The summed E-state index contributed by atoms with van der Waals surface area (Å²) < 4.78 is 5.79. The predicted molar refractivity (Wildman–Crippen MR) is 131 cm³/mol. The van der Waals surface area contributed by atoms with Gasteiger partial charge in [-0.3, -0.25) is 15.0 Å². The van der Waals surface area contributed by atoms with Crippen LogP contribution in [0.4, 0.5) is 0 Å². The van der Waals surface area contributed by atoms with Gasteiger partial charge in [0.05, 0.1) is 17.6 Å². The Labute approximate surface area is 204 Å². The molecule has 2 aromatic rings. The lowest BCUT2D eigenvalue weighted by Crippen LogP contribution is -2.36. The van der Waals surface area contributed by atoms with E-state index in [0.29, 0.717) is 22.1 Å². The number of piperidine rings is 1. The third-order valence-electron chi connectivity index (χ3n) is 5.84.